The molecule has 0 bridgehead atoms. The van der Waals surface area contributed by atoms with Gasteiger partial charge in [-0.05, 0) is 16.5 Å². The lowest BCUT2D eigenvalue weighted by atomic mass is 9.87. The van der Waals surface area contributed by atoms with Gasteiger partial charge in [-0.25, -0.2) is 4.79 Å². The molecule has 0 saturated heterocycles. The third-order valence-corrected chi connectivity index (χ3v) is 3.50. The Hall–Kier alpha value is -2.30. The first-order valence-corrected chi connectivity index (χ1v) is 7.34. The van der Waals surface area contributed by atoms with Crippen molar-refractivity contribution in [2.75, 3.05) is 7.05 Å². The van der Waals surface area contributed by atoms with Crippen LogP contribution in [0.5, 0.6) is 0 Å². The summed E-state index contributed by atoms with van der Waals surface area (Å²) in [7, 11) is 1.73. The second-order valence-corrected chi connectivity index (χ2v) is 6.45. The molecule has 0 atom stereocenters. The Bertz CT molecular complexity index is 598. The van der Waals surface area contributed by atoms with Crippen molar-refractivity contribution in [3.05, 3.63) is 53.4 Å². The summed E-state index contributed by atoms with van der Waals surface area (Å²) in [6.07, 6.45) is 1.50. The summed E-state index contributed by atoms with van der Waals surface area (Å²) >= 11 is 0. The van der Waals surface area contributed by atoms with Crippen LogP contribution in [0.4, 0.5) is 4.79 Å². The number of carbonyl (C=O) groups is 1. The van der Waals surface area contributed by atoms with Crippen LogP contribution in [0.1, 0.15) is 37.6 Å². The topological polar surface area (TPSA) is 58.4 Å². The van der Waals surface area contributed by atoms with E-state index in [-0.39, 0.29) is 11.4 Å². The number of hydrogen-bond acceptors (Lipinski definition) is 3. The number of hydrogen-bond donors (Lipinski definition) is 1. The molecule has 118 valence electrons. The monoisotopic (exact) mass is 301 g/mol. The molecule has 2 amide bonds. The largest absolute Gasteiger partial charge is 0.364 e. The summed E-state index contributed by atoms with van der Waals surface area (Å²) < 4.78 is 4.75. The number of nitrogens with one attached hydrogen (secondary N) is 1. The van der Waals surface area contributed by atoms with Crippen molar-refractivity contribution >= 4 is 6.03 Å². The molecule has 0 aliphatic carbocycles. The molecule has 1 aromatic heterocycles. The van der Waals surface area contributed by atoms with Crippen LogP contribution in [-0.4, -0.2) is 23.1 Å². The van der Waals surface area contributed by atoms with Crippen molar-refractivity contribution in [3.63, 3.8) is 0 Å². The molecule has 0 aliphatic heterocycles. The molecule has 0 saturated carbocycles. The maximum atomic E-state index is 12.0. The van der Waals surface area contributed by atoms with E-state index in [4.69, 9.17) is 4.52 Å². The number of benzene rings is 1. The van der Waals surface area contributed by atoms with Crippen molar-refractivity contribution < 1.29 is 9.32 Å². The highest BCUT2D eigenvalue weighted by atomic mass is 16.5. The van der Waals surface area contributed by atoms with Gasteiger partial charge in [-0.15, -0.1) is 0 Å². The van der Waals surface area contributed by atoms with Gasteiger partial charge in [-0.1, -0.05) is 50.2 Å². The third kappa shape index (κ3) is 4.35. The van der Waals surface area contributed by atoms with Crippen LogP contribution in [0, 0.1) is 0 Å². The van der Waals surface area contributed by atoms with Crippen LogP contribution in [0.3, 0.4) is 0 Å². The van der Waals surface area contributed by atoms with E-state index in [0.29, 0.717) is 13.1 Å². The minimum atomic E-state index is -0.136. The van der Waals surface area contributed by atoms with E-state index in [1.165, 1.54) is 11.8 Å². The summed E-state index contributed by atoms with van der Waals surface area (Å²) in [5.74, 6) is 0. The smallest absolute Gasteiger partial charge is 0.317 e. The van der Waals surface area contributed by atoms with Gasteiger partial charge in [0.25, 0.3) is 0 Å². The van der Waals surface area contributed by atoms with E-state index in [1.54, 1.807) is 18.0 Å². The first kappa shape index (κ1) is 16.1. The maximum Gasteiger partial charge on any atom is 0.317 e. The van der Waals surface area contributed by atoms with Crippen LogP contribution in [0.25, 0.3) is 0 Å². The molecule has 1 N–H and O–H groups in total. The number of rotatable bonds is 4. The van der Waals surface area contributed by atoms with Gasteiger partial charge >= 0.3 is 6.03 Å². The molecule has 0 unspecified atom stereocenters. The first-order chi connectivity index (χ1) is 10.4. The van der Waals surface area contributed by atoms with Gasteiger partial charge in [-0.3, -0.25) is 0 Å². The number of nitrogens with zero attached hydrogens (tertiary/aromatic N) is 2. The Balaban J connectivity index is 1.85. The molecule has 2 rings (SSSR count). The van der Waals surface area contributed by atoms with Crippen molar-refractivity contribution in [1.82, 2.24) is 15.4 Å². The fourth-order valence-corrected chi connectivity index (χ4v) is 2.07. The van der Waals surface area contributed by atoms with Gasteiger partial charge in [0.2, 0.25) is 0 Å². The molecule has 5 heteroatoms. The van der Waals surface area contributed by atoms with E-state index in [2.05, 4.69) is 55.5 Å². The van der Waals surface area contributed by atoms with Gasteiger partial charge in [0, 0.05) is 19.7 Å². The predicted octanol–water partition coefficient (Wildman–Crippen LogP) is 3.31. The van der Waals surface area contributed by atoms with Crippen LogP contribution in [0.2, 0.25) is 0 Å². The fourth-order valence-electron chi connectivity index (χ4n) is 2.07. The highest BCUT2D eigenvalue weighted by Crippen LogP contribution is 2.22. The minimum absolute atomic E-state index is 0.136. The average molecular weight is 301 g/mol. The van der Waals surface area contributed by atoms with Crippen LogP contribution in [0.15, 0.2) is 41.1 Å². The molecule has 5 nitrogen and oxygen atoms in total. The number of carbonyl (C=O) groups excluding carboxylic acids is 1. The normalized spacial score (nSPS) is 11.3. The molecule has 1 aromatic carbocycles. The van der Waals surface area contributed by atoms with Crippen molar-refractivity contribution in [2.24, 2.45) is 0 Å². The molecule has 0 fully saturated rings. The van der Waals surface area contributed by atoms with Crippen molar-refractivity contribution in [1.29, 1.82) is 0 Å². The van der Waals surface area contributed by atoms with E-state index in [0.717, 1.165) is 11.3 Å². The lowest BCUT2D eigenvalue weighted by molar-refractivity contribution is 0.205. The number of amides is 2. The molecular weight excluding hydrogens is 278 g/mol. The highest BCUT2D eigenvalue weighted by molar-refractivity contribution is 5.73. The van der Waals surface area contributed by atoms with Crippen LogP contribution in [-0.2, 0) is 18.5 Å². The van der Waals surface area contributed by atoms with Gasteiger partial charge < -0.3 is 14.7 Å². The lowest BCUT2D eigenvalue weighted by Gasteiger charge is -2.19. The fraction of sp³-hybridized carbons (Fsp3) is 0.412. The molecule has 0 aliphatic rings. The Morgan fingerprint density at radius 3 is 2.45 bits per heavy atom. The van der Waals surface area contributed by atoms with E-state index >= 15 is 0 Å². The zero-order chi connectivity index (χ0) is 16.2. The molecule has 0 spiro atoms. The van der Waals surface area contributed by atoms with E-state index in [1.807, 2.05) is 0 Å². The van der Waals surface area contributed by atoms with E-state index in [9.17, 15) is 4.79 Å². The molecule has 22 heavy (non-hydrogen) atoms. The van der Waals surface area contributed by atoms with Gasteiger partial charge in [0.05, 0.1) is 6.54 Å². The zero-order valence-corrected chi connectivity index (χ0v) is 13.6. The summed E-state index contributed by atoms with van der Waals surface area (Å²) in [6.45, 7) is 7.48. The SMILES string of the molecule is CN(Cc1ccon1)C(=O)NCc1ccc(C(C)(C)C)cc1. The predicted molar refractivity (Wildman–Crippen MR) is 85.3 cm³/mol. The van der Waals surface area contributed by atoms with Gasteiger partial charge in [0.1, 0.15) is 12.0 Å². The number of urea groups is 1. The Labute approximate surface area is 131 Å². The average Bonchev–Trinajstić information content (AvgIpc) is 2.97. The minimum Gasteiger partial charge on any atom is -0.364 e. The summed E-state index contributed by atoms with van der Waals surface area (Å²) in [5.41, 5.74) is 3.23. The molecule has 2 aromatic rings. The van der Waals surface area contributed by atoms with E-state index < -0.39 is 0 Å². The Morgan fingerprint density at radius 1 is 1.23 bits per heavy atom. The summed E-state index contributed by atoms with van der Waals surface area (Å²) in [5, 5.41) is 6.69. The second-order valence-electron chi connectivity index (χ2n) is 6.45. The third-order valence-electron chi connectivity index (χ3n) is 3.50. The molecular formula is C17H23N3O2. The highest BCUT2D eigenvalue weighted by Gasteiger charge is 2.13. The van der Waals surface area contributed by atoms with Crippen LogP contribution >= 0.6 is 0 Å². The maximum absolute atomic E-state index is 12.0. The Morgan fingerprint density at radius 2 is 1.91 bits per heavy atom. The van der Waals surface area contributed by atoms with Crippen molar-refractivity contribution in [2.45, 2.75) is 39.3 Å². The van der Waals surface area contributed by atoms with Crippen molar-refractivity contribution in [3.8, 4) is 0 Å². The quantitative estimate of drug-likeness (QED) is 0.942. The number of aromatic nitrogens is 1. The van der Waals surface area contributed by atoms with Gasteiger partial charge in [0.15, 0.2) is 0 Å². The van der Waals surface area contributed by atoms with Crippen LogP contribution < -0.4 is 5.32 Å². The van der Waals surface area contributed by atoms with Gasteiger partial charge in [-0.2, -0.15) is 0 Å². The Kier molecular flexibility index (Phi) is 4.85. The molecule has 0 radical (unpaired) electrons. The molecule has 1 heterocycles. The zero-order valence-electron chi connectivity index (χ0n) is 13.6. The first-order valence-electron chi connectivity index (χ1n) is 7.34. The summed E-state index contributed by atoms with van der Waals surface area (Å²) in [6, 6.07) is 9.94. The second kappa shape index (κ2) is 6.64. The summed E-state index contributed by atoms with van der Waals surface area (Å²) in [4.78, 5) is 13.6. The standard InChI is InChI=1S/C17H23N3O2/c1-17(2,3)14-7-5-13(6-8-14)11-18-16(21)20(4)12-15-9-10-22-19-15/h5-10H,11-12H2,1-4H3,(H,18,21). The lowest BCUT2D eigenvalue weighted by Crippen LogP contribution is -2.36.